The molecule has 0 saturated heterocycles. The van der Waals surface area contributed by atoms with Crippen LogP contribution in [0.25, 0.3) is 11.1 Å². The number of rotatable bonds is 5. The summed E-state index contributed by atoms with van der Waals surface area (Å²) in [7, 11) is 0. The molecule has 0 fully saturated rings. The Kier molecular flexibility index (Phi) is 4.76. The zero-order valence-corrected chi connectivity index (χ0v) is 15.1. The Labute approximate surface area is 160 Å². The van der Waals surface area contributed by atoms with Crippen LogP contribution in [0.4, 0.5) is 10.1 Å². The van der Waals surface area contributed by atoms with Crippen molar-refractivity contribution in [3.8, 4) is 5.75 Å². The van der Waals surface area contributed by atoms with Crippen molar-refractivity contribution >= 4 is 22.7 Å². The van der Waals surface area contributed by atoms with E-state index < -0.39 is 0 Å². The van der Waals surface area contributed by atoms with E-state index in [1.807, 2.05) is 0 Å². The minimum atomic E-state index is -0.303. The number of amides is 1. The molecule has 28 heavy (non-hydrogen) atoms. The van der Waals surface area contributed by atoms with Gasteiger partial charge in [0.05, 0.1) is 5.56 Å². The molecule has 4 rings (SSSR count). The van der Waals surface area contributed by atoms with Gasteiger partial charge in [-0.1, -0.05) is 24.3 Å². The lowest BCUT2D eigenvalue weighted by Gasteiger charge is -2.12. The number of nitrogens with zero attached hydrogens (tertiary/aromatic N) is 1. The third-order valence-corrected chi connectivity index (χ3v) is 4.19. The van der Waals surface area contributed by atoms with Gasteiger partial charge in [0.25, 0.3) is 5.91 Å². The number of hydrogen-bond acceptors (Lipinski definition) is 4. The fourth-order valence-electron chi connectivity index (χ4n) is 2.84. The van der Waals surface area contributed by atoms with Gasteiger partial charge in [-0.2, -0.15) is 0 Å². The van der Waals surface area contributed by atoms with Crippen molar-refractivity contribution < 1.29 is 18.3 Å². The number of carbonyl (C=O) groups is 1. The summed E-state index contributed by atoms with van der Waals surface area (Å²) >= 11 is 0. The molecule has 0 radical (unpaired) electrons. The second kappa shape index (κ2) is 7.52. The molecule has 0 bridgehead atoms. The molecule has 1 aromatic heterocycles. The highest BCUT2D eigenvalue weighted by atomic mass is 19.1. The van der Waals surface area contributed by atoms with Gasteiger partial charge >= 0.3 is 0 Å². The van der Waals surface area contributed by atoms with Crippen molar-refractivity contribution in [1.29, 1.82) is 0 Å². The molecule has 0 atom stereocenters. The summed E-state index contributed by atoms with van der Waals surface area (Å²) in [6.45, 7) is 2.00. The van der Waals surface area contributed by atoms with E-state index >= 15 is 0 Å². The Balaban J connectivity index is 1.51. The number of fused-ring (bicyclic) bond motifs is 1. The van der Waals surface area contributed by atoms with Crippen molar-refractivity contribution in [2.24, 2.45) is 0 Å². The maximum Gasteiger partial charge on any atom is 0.259 e. The van der Waals surface area contributed by atoms with Gasteiger partial charge in [-0.25, -0.2) is 9.37 Å². The molecule has 0 spiro atoms. The first kappa shape index (κ1) is 17.7. The number of ether oxygens (including phenoxy) is 1. The third kappa shape index (κ3) is 3.86. The first-order valence-corrected chi connectivity index (χ1v) is 8.73. The van der Waals surface area contributed by atoms with Gasteiger partial charge in [-0.05, 0) is 48.0 Å². The Morgan fingerprint density at radius 2 is 1.89 bits per heavy atom. The van der Waals surface area contributed by atoms with E-state index in [2.05, 4.69) is 10.3 Å². The molecule has 4 aromatic rings. The average Bonchev–Trinajstić information content (AvgIpc) is 3.07. The maximum atomic E-state index is 13.0. The van der Waals surface area contributed by atoms with Crippen molar-refractivity contribution in [3.63, 3.8) is 0 Å². The van der Waals surface area contributed by atoms with E-state index in [0.717, 1.165) is 5.56 Å². The number of hydrogen-bond donors (Lipinski definition) is 1. The van der Waals surface area contributed by atoms with Gasteiger partial charge in [0.2, 0.25) is 0 Å². The molecule has 3 aromatic carbocycles. The quantitative estimate of drug-likeness (QED) is 0.526. The lowest BCUT2D eigenvalue weighted by Crippen LogP contribution is -2.13. The molecule has 0 aliphatic carbocycles. The third-order valence-electron chi connectivity index (χ3n) is 4.19. The molecule has 0 aliphatic heterocycles. The summed E-state index contributed by atoms with van der Waals surface area (Å²) in [6.07, 6.45) is 0. The zero-order chi connectivity index (χ0) is 19.5. The molecular formula is C22H17FN2O3. The second-order valence-electron chi connectivity index (χ2n) is 6.28. The van der Waals surface area contributed by atoms with Gasteiger partial charge in [0.1, 0.15) is 23.7 Å². The first-order chi connectivity index (χ1) is 13.6. The number of oxazole rings is 1. The average molecular weight is 376 g/mol. The minimum Gasteiger partial charge on any atom is -0.488 e. The fraction of sp³-hybridized carbons (Fsp3) is 0.0909. The summed E-state index contributed by atoms with van der Waals surface area (Å²) in [5.74, 6) is 0.415. The van der Waals surface area contributed by atoms with Crippen LogP contribution in [0.1, 0.15) is 21.8 Å². The lowest BCUT2D eigenvalue weighted by atomic mass is 10.1. The summed E-state index contributed by atoms with van der Waals surface area (Å²) in [5.41, 5.74) is 3.17. The van der Waals surface area contributed by atoms with Crippen molar-refractivity contribution in [1.82, 2.24) is 4.98 Å². The monoisotopic (exact) mass is 376 g/mol. The fourth-order valence-corrected chi connectivity index (χ4v) is 2.84. The molecule has 6 heteroatoms. The van der Waals surface area contributed by atoms with E-state index in [1.54, 1.807) is 61.5 Å². The smallest absolute Gasteiger partial charge is 0.259 e. The van der Waals surface area contributed by atoms with E-state index in [4.69, 9.17) is 9.15 Å². The number of aryl methyl sites for hydroxylation is 1. The largest absolute Gasteiger partial charge is 0.488 e. The molecule has 0 unspecified atom stereocenters. The Morgan fingerprint density at radius 1 is 1.11 bits per heavy atom. The number of aromatic nitrogens is 1. The van der Waals surface area contributed by atoms with Crippen LogP contribution >= 0.6 is 0 Å². The van der Waals surface area contributed by atoms with Crippen LogP contribution in [-0.4, -0.2) is 10.9 Å². The van der Waals surface area contributed by atoms with E-state index in [-0.39, 0.29) is 18.3 Å². The number of halogens is 1. The molecule has 1 N–H and O–H groups in total. The van der Waals surface area contributed by atoms with Crippen molar-refractivity contribution in [2.45, 2.75) is 13.5 Å². The molecular weight excluding hydrogens is 359 g/mol. The Hall–Kier alpha value is -3.67. The van der Waals surface area contributed by atoms with Crippen LogP contribution in [0.15, 0.2) is 71.1 Å². The summed E-state index contributed by atoms with van der Waals surface area (Å²) in [6, 6.07) is 18.3. The maximum absolute atomic E-state index is 13.0. The van der Waals surface area contributed by atoms with E-state index in [0.29, 0.717) is 34.0 Å². The molecule has 140 valence electrons. The van der Waals surface area contributed by atoms with Crippen LogP contribution in [-0.2, 0) is 6.61 Å². The van der Waals surface area contributed by atoms with Crippen LogP contribution in [0, 0.1) is 12.7 Å². The highest BCUT2D eigenvalue weighted by molar-refractivity contribution is 6.06. The van der Waals surface area contributed by atoms with Crippen LogP contribution in [0.2, 0.25) is 0 Å². The van der Waals surface area contributed by atoms with Gasteiger partial charge in [0, 0.05) is 12.6 Å². The highest BCUT2D eigenvalue weighted by Gasteiger charge is 2.13. The van der Waals surface area contributed by atoms with Gasteiger partial charge in [0.15, 0.2) is 11.5 Å². The number of anilines is 1. The SMILES string of the molecule is Cc1nc2cc(NC(=O)c3ccccc3OCc3ccc(F)cc3)ccc2o1. The number of carbonyl (C=O) groups excluding carboxylic acids is 1. The van der Waals surface area contributed by atoms with Crippen molar-refractivity contribution in [2.75, 3.05) is 5.32 Å². The molecule has 1 amide bonds. The topological polar surface area (TPSA) is 64.4 Å². The summed E-state index contributed by atoms with van der Waals surface area (Å²) in [4.78, 5) is 17.0. The van der Waals surface area contributed by atoms with Gasteiger partial charge in [-0.15, -0.1) is 0 Å². The lowest BCUT2D eigenvalue weighted by molar-refractivity contribution is 0.102. The number of benzene rings is 3. The van der Waals surface area contributed by atoms with E-state index in [9.17, 15) is 9.18 Å². The molecule has 0 saturated carbocycles. The van der Waals surface area contributed by atoms with Crippen LogP contribution < -0.4 is 10.1 Å². The van der Waals surface area contributed by atoms with Gasteiger partial charge in [-0.3, -0.25) is 4.79 Å². The Bertz CT molecular complexity index is 1140. The minimum absolute atomic E-state index is 0.231. The van der Waals surface area contributed by atoms with Crippen LogP contribution in [0.5, 0.6) is 5.75 Å². The highest BCUT2D eigenvalue weighted by Crippen LogP contribution is 2.23. The van der Waals surface area contributed by atoms with Gasteiger partial charge < -0.3 is 14.5 Å². The van der Waals surface area contributed by atoms with E-state index in [1.165, 1.54) is 12.1 Å². The molecule has 1 heterocycles. The van der Waals surface area contributed by atoms with Crippen molar-refractivity contribution in [3.05, 3.63) is 89.6 Å². The Morgan fingerprint density at radius 3 is 2.71 bits per heavy atom. The summed E-state index contributed by atoms with van der Waals surface area (Å²) < 4.78 is 24.3. The number of para-hydroxylation sites is 1. The normalized spacial score (nSPS) is 10.8. The molecule has 0 aliphatic rings. The first-order valence-electron chi connectivity index (χ1n) is 8.73. The standard InChI is InChI=1S/C22H17FN2O3/c1-14-24-19-12-17(10-11-21(19)28-14)25-22(26)18-4-2-3-5-20(18)27-13-15-6-8-16(23)9-7-15/h2-12H,13H2,1H3,(H,25,26). The molecule has 5 nitrogen and oxygen atoms in total. The summed E-state index contributed by atoms with van der Waals surface area (Å²) in [5, 5.41) is 2.86. The second-order valence-corrected chi connectivity index (χ2v) is 6.28. The predicted molar refractivity (Wildman–Crippen MR) is 104 cm³/mol. The zero-order valence-electron chi connectivity index (χ0n) is 15.1. The predicted octanol–water partition coefficient (Wildman–Crippen LogP) is 5.11. The van der Waals surface area contributed by atoms with Crippen LogP contribution in [0.3, 0.4) is 0 Å². The number of nitrogens with one attached hydrogen (secondary N) is 1.